The zero-order valence-electron chi connectivity index (χ0n) is 10.2. The van der Waals surface area contributed by atoms with E-state index < -0.39 is 9.84 Å². The molecule has 0 N–H and O–H groups in total. The fourth-order valence-electron chi connectivity index (χ4n) is 1.54. The molecule has 0 saturated carbocycles. The van der Waals surface area contributed by atoms with Crippen LogP contribution < -0.4 is 4.74 Å². The monoisotopic (exact) mass is 276 g/mol. The first-order valence-electron chi connectivity index (χ1n) is 5.52. The molecular weight excluding hydrogens is 264 g/mol. The second kappa shape index (κ2) is 5.24. The number of carbonyl (C=O) groups is 1. The molecule has 0 radical (unpaired) electrons. The topological polar surface area (TPSA) is 60.4 Å². The second-order valence-electron chi connectivity index (χ2n) is 4.04. The summed E-state index contributed by atoms with van der Waals surface area (Å²) in [6.45, 7) is 0. The van der Waals surface area contributed by atoms with Crippen LogP contribution in [-0.4, -0.2) is 21.0 Å². The maximum atomic E-state index is 11.3. The number of carbonyl (C=O) groups excluding carboxylic acids is 1. The van der Waals surface area contributed by atoms with Gasteiger partial charge in [0.05, 0.1) is 4.90 Å². The quantitative estimate of drug-likeness (QED) is 0.805. The lowest BCUT2D eigenvalue weighted by Gasteiger charge is -2.06. The van der Waals surface area contributed by atoms with Crippen LogP contribution in [0, 0.1) is 0 Å². The van der Waals surface area contributed by atoms with E-state index in [0.717, 1.165) is 12.5 Å². The average molecular weight is 276 g/mol. The van der Waals surface area contributed by atoms with Crippen molar-refractivity contribution in [1.82, 2.24) is 0 Å². The normalized spacial score (nSPS) is 11.0. The van der Waals surface area contributed by atoms with Crippen molar-refractivity contribution in [3.8, 4) is 11.5 Å². The smallest absolute Gasteiger partial charge is 0.175 e. The summed E-state index contributed by atoms with van der Waals surface area (Å²) in [5.74, 6) is 1.03. The van der Waals surface area contributed by atoms with Gasteiger partial charge in [-0.3, -0.25) is 4.79 Å². The standard InChI is InChI=1S/C14H12O4S/c1-19(16,17)14-7-5-12(6-8-14)18-13-4-2-3-11(9-13)10-15/h2-10H,1H3. The molecular formula is C14H12O4S. The Kier molecular flexibility index (Phi) is 3.66. The van der Waals surface area contributed by atoms with Crippen LogP contribution in [0.4, 0.5) is 0 Å². The first kappa shape index (κ1) is 13.3. The van der Waals surface area contributed by atoms with Gasteiger partial charge in [0, 0.05) is 11.8 Å². The lowest BCUT2D eigenvalue weighted by Crippen LogP contribution is -1.96. The minimum Gasteiger partial charge on any atom is -0.457 e. The van der Waals surface area contributed by atoms with Crippen molar-refractivity contribution in [2.75, 3.05) is 6.26 Å². The van der Waals surface area contributed by atoms with Gasteiger partial charge in [-0.15, -0.1) is 0 Å². The van der Waals surface area contributed by atoms with Crippen LogP contribution in [0.5, 0.6) is 11.5 Å². The first-order valence-corrected chi connectivity index (χ1v) is 7.41. The van der Waals surface area contributed by atoms with Crippen molar-refractivity contribution in [3.05, 3.63) is 54.1 Å². The van der Waals surface area contributed by atoms with Crippen LogP contribution in [0.1, 0.15) is 10.4 Å². The molecule has 0 spiro atoms. The zero-order valence-corrected chi connectivity index (χ0v) is 11.1. The van der Waals surface area contributed by atoms with Gasteiger partial charge in [0.25, 0.3) is 0 Å². The van der Waals surface area contributed by atoms with Crippen molar-refractivity contribution in [3.63, 3.8) is 0 Å². The molecule has 98 valence electrons. The Morgan fingerprint density at radius 2 is 1.68 bits per heavy atom. The highest BCUT2D eigenvalue weighted by Crippen LogP contribution is 2.23. The molecule has 0 aliphatic carbocycles. The summed E-state index contributed by atoms with van der Waals surface area (Å²) in [6.07, 6.45) is 1.88. The summed E-state index contributed by atoms with van der Waals surface area (Å²) >= 11 is 0. The van der Waals surface area contributed by atoms with Crippen LogP contribution >= 0.6 is 0 Å². The van der Waals surface area contributed by atoms with E-state index in [0.29, 0.717) is 17.1 Å². The summed E-state index contributed by atoms with van der Waals surface area (Å²) < 4.78 is 28.1. The van der Waals surface area contributed by atoms with E-state index in [9.17, 15) is 13.2 Å². The molecule has 2 aromatic rings. The molecule has 0 heterocycles. The van der Waals surface area contributed by atoms with Crippen LogP contribution in [0.15, 0.2) is 53.4 Å². The minimum atomic E-state index is -3.20. The third-order valence-corrected chi connectivity index (χ3v) is 3.61. The molecule has 0 amide bonds. The molecule has 2 rings (SSSR count). The molecule has 0 aliphatic rings. The average Bonchev–Trinajstić information content (AvgIpc) is 2.38. The highest BCUT2D eigenvalue weighted by Gasteiger charge is 2.06. The third kappa shape index (κ3) is 3.42. The summed E-state index contributed by atoms with van der Waals surface area (Å²) in [5, 5.41) is 0. The highest BCUT2D eigenvalue weighted by molar-refractivity contribution is 7.90. The molecule has 5 heteroatoms. The Labute approximate surface area is 111 Å². The van der Waals surface area contributed by atoms with Gasteiger partial charge >= 0.3 is 0 Å². The van der Waals surface area contributed by atoms with E-state index in [4.69, 9.17) is 4.74 Å². The van der Waals surface area contributed by atoms with Crippen molar-refractivity contribution >= 4 is 16.1 Å². The third-order valence-electron chi connectivity index (χ3n) is 2.48. The van der Waals surface area contributed by atoms with E-state index >= 15 is 0 Å². The fourth-order valence-corrected chi connectivity index (χ4v) is 2.17. The Hall–Kier alpha value is -2.14. The lowest BCUT2D eigenvalue weighted by molar-refractivity contribution is 0.112. The van der Waals surface area contributed by atoms with E-state index in [1.807, 2.05) is 0 Å². The molecule has 0 atom stereocenters. The van der Waals surface area contributed by atoms with Crippen LogP contribution in [0.3, 0.4) is 0 Å². The SMILES string of the molecule is CS(=O)(=O)c1ccc(Oc2cccc(C=O)c2)cc1. The number of rotatable bonds is 4. The number of sulfone groups is 1. The highest BCUT2D eigenvalue weighted by atomic mass is 32.2. The molecule has 2 aromatic carbocycles. The number of hydrogen-bond donors (Lipinski definition) is 0. The van der Waals surface area contributed by atoms with Gasteiger partial charge in [-0.25, -0.2) is 8.42 Å². The Morgan fingerprint density at radius 1 is 1.00 bits per heavy atom. The summed E-state index contributed by atoms with van der Waals surface area (Å²) in [4.78, 5) is 10.9. The number of ether oxygens (including phenoxy) is 1. The number of aldehydes is 1. The van der Waals surface area contributed by atoms with Crippen molar-refractivity contribution in [2.24, 2.45) is 0 Å². The van der Waals surface area contributed by atoms with E-state index in [2.05, 4.69) is 0 Å². The van der Waals surface area contributed by atoms with E-state index in [1.165, 1.54) is 12.1 Å². The molecule has 0 aromatic heterocycles. The van der Waals surface area contributed by atoms with Gasteiger partial charge < -0.3 is 4.74 Å². The molecule has 0 fully saturated rings. The summed E-state index contributed by atoms with van der Waals surface area (Å²) in [5.41, 5.74) is 0.519. The fraction of sp³-hybridized carbons (Fsp3) is 0.0714. The predicted molar refractivity (Wildman–Crippen MR) is 71.5 cm³/mol. The zero-order chi connectivity index (χ0) is 13.9. The lowest BCUT2D eigenvalue weighted by atomic mass is 10.2. The molecule has 19 heavy (non-hydrogen) atoms. The first-order chi connectivity index (χ1) is 8.99. The second-order valence-corrected chi connectivity index (χ2v) is 6.05. The Bertz CT molecular complexity index is 688. The van der Waals surface area contributed by atoms with Gasteiger partial charge in [0.1, 0.15) is 17.8 Å². The number of hydrogen-bond acceptors (Lipinski definition) is 4. The molecule has 4 nitrogen and oxygen atoms in total. The van der Waals surface area contributed by atoms with Gasteiger partial charge in [-0.05, 0) is 36.4 Å². The maximum Gasteiger partial charge on any atom is 0.175 e. The largest absolute Gasteiger partial charge is 0.457 e. The molecule has 0 aliphatic heterocycles. The van der Waals surface area contributed by atoms with Crippen LogP contribution in [-0.2, 0) is 9.84 Å². The van der Waals surface area contributed by atoms with Gasteiger partial charge in [-0.2, -0.15) is 0 Å². The minimum absolute atomic E-state index is 0.237. The predicted octanol–water partition coefficient (Wildman–Crippen LogP) is 2.69. The van der Waals surface area contributed by atoms with Gasteiger partial charge in [0.2, 0.25) is 0 Å². The van der Waals surface area contributed by atoms with Crippen molar-refractivity contribution in [2.45, 2.75) is 4.90 Å². The molecule has 0 saturated heterocycles. The van der Waals surface area contributed by atoms with Crippen LogP contribution in [0.25, 0.3) is 0 Å². The maximum absolute atomic E-state index is 11.3. The van der Waals surface area contributed by atoms with Gasteiger partial charge in [-0.1, -0.05) is 12.1 Å². The molecule has 0 unspecified atom stereocenters. The van der Waals surface area contributed by atoms with Crippen molar-refractivity contribution in [1.29, 1.82) is 0 Å². The molecule has 0 bridgehead atoms. The Morgan fingerprint density at radius 3 is 2.26 bits per heavy atom. The summed E-state index contributed by atoms with van der Waals surface area (Å²) in [6, 6.07) is 12.8. The van der Waals surface area contributed by atoms with Gasteiger partial charge in [0.15, 0.2) is 9.84 Å². The van der Waals surface area contributed by atoms with E-state index in [-0.39, 0.29) is 4.90 Å². The Balaban J connectivity index is 2.22. The van der Waals surface area contributed by atoms with E-state index in [1.54, 1.807) is 36.4 Å². The number of benzene rings is 2. The van der Waals surface area contributed by atoms with Crippen LogP contribution in [0.2, 0.25) is 0 Å². The van der Waals surface area contributed by atoms with Crippen molar-refractivity contribution < 1.29 is 17.9 Å². The summed E-state index contributed by atoms with van der Waals surface area (Å²) in [7, 11) is -3.20.